The molecule has 4 heterocycles. The molecule has 1 saturated carbocycles. The van der Waals surface area contributed by atoms with Crippen molar-refractivity contribution in [3.63, 3.8) is 0 Å². The number of hydrogen-bond acceptors (Lipinski definition) is 7. The Kier molecular flexibility index (Phi) is 6.36. The van der Waals surface area contributed by atoms with Gasteiger partial charge in [-0.05, 0) is 56.0 Å². The van der Waals surface area contributed by atoms with Crippen LogP contribution < -0.4 is 4.74 Å². The van der Waals surface area contributed by atoms with Crippen molar-refractivity contribution in [1.82, 2.24) is 19.4 Å². The molecule has 0 amide bonds. The fourth-order valence-electron chi connectivity index (χ4n) is 6.49. The van der Waals surface area contributed by atoms with Crippen LogP contribution >= 0.6 is 0 Å². The molecule has 1 N–H and O–H groups in total. The van der Waals surface area contributed by atoms with Gasteiger partial charge in [-0.15, -0.1) is 0 Å². The Labute approximate surface area is 236 Å². The number of fused-ring (bicyclic) bond motifs is 2. The maximum Gasteiger partial charge on any atom is 0.332 e. The monoisotopic (exact) mass is 555 g/mol. The lowest BCUT2D eigenvalue weighted by atomic mass is 9.91. The van der Waals surface area contributed by atoms with Crippen LogP contribution in [-0.2, 0) is 41.1 Å². The molecule has 0 unspecified atom stereocenters. The van der Waals surface area contributed by atoms with E-state index in [1.807, 2.05) is 12.1 Å². The number of pyridine rings is 1. The highest BCUT2D eigenvalue weighted by Gasteiger charge is 2.58. The van der Waals surface area contributed by atoms with Crippen LogP contribution in [-0.4, -0.2) is 56.3 Å². The summed E-state index contributed by atoms with van der Waals surface area (Å²) in [4.78, 5) is 23.7. The summed E-state index contributed by atoms with van der Waals surface area (Å²) in [6.45, 7) is 4.10. The second-order valence-electron chi connectivity index (χ2n) is 11.5. The zero-order valence-corrected chi connectivity index (χ0v) is 22.6. The number of piperidine rings is 1. The van der Waals surface area contributed by atoms with Crippen molar-refractivity contribution in [2.75, 3.05) is 19.7 Å². The van der Waals surface area contributed by atoms with Crippen LogP contribution in [0, 0.1) is 23.1 Å². The third kappa shape index (κ3) is 4.79. The molecule has 4 aliphatic rings. The van der Waals surface area contributed by atoms with Gasteiger partial charge in [0.05, 0.1) is 42.2 Å². The molecule has 2 aliphatic heterocycles. The maximum atomic E-state index is 14.3. The van der Waals surface area contributed by atoms with Gasteiger partial charge in [0.2, 0.25) is 5.88 Å². The molecule has 0 spiro atoms. The zero-order chi connectivity index (χ0) is 28.1. The molecule has 2 aromatic heterocycles. The number of nitrogens with zero attached hydrogens (tertiary/aromatic N) is 5. The van der Waals surface area contributed by atoms with Crippen molar-refractivity contribution in [3.05, 3.63) is 81.8 Å². The third-order valence-corrected chi connectivity index (χ3v) is 9.05. The Morgan fingerprint density at radius 3 is 2.90 bits per heavy atom. The zero-order valence-electron chi connectivity index (χ0n) is 22.6. The van der Waals surface area contributed by atoms with Gasteiger partial charge in [-0.2, -0.15) is 5.26 Å². The lowest BCUT2D eigenvalue weighted by Crippen LogP contribution is -2.38. The Morgan fingerprint density at radius 2 is 2.17 bits per heavy atom. The molecule has 9 nitrogen and oxygen atoms in total. The number of nitriles is 1. The molecule has 7 rings (SSSR count). The predicted molar refractivity (Wildman–Crippen MR) is 145 cm³/mol. The van der Waals surface area contributed by atoms with Crippen molar-refractivity contribution in [2.24, 2.45) is 5.92 Å². The van der Waals surface area contributed by atoms with Gasteiger partial charge in [0.15, 0.2) is 0 Å². The van der Waals surface area contributed by atoms with Crippen molar-refractivity contribution in [2.45, 2.75) is 56.9 Å². The van der Waals surface area contributed by atoms with Gasteiger partial charge in [0.1, 0.15) is 18.2 Å². The van der Waals surface area contributed by atoms with Crippen LogP contribution in [0.4, 0.5) is 4.39 Å². The normalized spacial score (nSPS) is 24.5. The highest BCUT2D eigenvalue weighted by Crippen LogP contribution is 2.59. The molecule has 41 heavy (non-hydrogen) atoms. The second kappa shape index (κ2) is 10.1. The molecule has 0 bridgehead atoms. The first-order valence-electron chi connectivity index (χ1n) is 14.1. The number of aromatic nitrogens is 3. The minimum atomic E-state index is -0.887. The molecule has 1 aromatic carbocycles. The highest BCUT2D eigenvalue weighted by atomic mass is 19.1. The third-order valence-electron chi connectivity index (χ3n) is 9.05. The summed E-state index contributed by atoms with van der Waals surface area (Å²) >= 11 is 0. The fourth-order valence-corrected chi connectivity index (χ4v) is 6.49. The van der Waals surface area contributed by atoms with Gasteiger partial charge < -0.3 is 19.1 Å². The summed E-state index contributed by atoms with van der Waals surface area (Å²) in [5.74, 6) is 0.582. The highest BCUT2D eigenvalue weighted by molar-refractivity contribution is 5.94. The van der Waals surface area contributed by atoms with Crippen LogP contribution in [0.3, 0.4) is 0 Å². The van der Waals surface area contributed by atoms with Crippen LogP contribution in [0.5, 0.6) is 5.88 Å². The molecule has 3 fully saturated rings. The topological polar surface area (TPSA) is 114 Å². The van der Waals surface area contributed by atoms with Crippen molar-refractivity contribution < 1.29 is 23.8 Å². The molecule has 2 aliphatic carbocycles. The second-order valence-corrected chi connectivity index (χ2v) is 11.5. The van der Waals surface area contributed by atoms with E-state index < -0.39 is 11.8 Å². The van der Waals surface area contributed by atoms with Crippen molar-refractivity contribution >= 4 is 12.0 Å². The van der Waals surface area contributed by atoms with Gasteiger partial charge >= 0.3 is 5.97 Å². The molecule has 2 saturated heterocycles. The minimum absolute atomic E-state index is 0.0334. The standard InChI is InChI=1S/C31H30FN5O4/c32-24-10-19(14-33)4-5-20(24)18-41-29-3-1-2-27(35-29)31-7-8-36(15-22(31)13-31)17-28-34-25-11-21(30(38)39)12-26(25)37(28)16-23-6-9-40-23/h1-5,10-11,22-23H,6-9,12-13,15-18H2,(H,38,39)/t22-,23-,31+/m0/s1. The number of imidazole rings is 1. The van der Waals surface area contributed by atoms with E-state index in [9.17, 15) is 14.3 Å². The van der Waals surface area contributed by atoms with Crippen LogP contribution in [0.25, 0.3) is 6.08 Å². The number of carboxylic acids is 1. The molecule has 0 radical (unpaired) electrons. The van der Waals surface area contributed by atoms with Gasteiger partial charge in [0, 0.05) is 47.9 Å². The lowest BCUT2D eigenvalue weighted by Gasteiger charge is -2.32. The molecule has 210 valence electrons. The van der Waals surface area contributed by atoms with E-state index in [1.165, 1.54) is 6.07 Å². The summed E-state index contributed by atoms with van der Waals surface area (Å²) in [5, 5.41) is 18.4. The number of rotatable bonds is 9. The Hall–Kier alpha value is -4.07. The van der Waals surface area contributed by atoms with E-state index in [4.69, 9.17) is 24.7 Å². The number of carbonyl (C=O) groups is 1. The number of ether oxygens (including phenoxy) is 2. The van der Waals surface area contributed by atoms with E-state index in [0.29, 0.717) is 35.9 Å². The Balaban J connectivity index is 1.02. The number of aliphatic carboxylic acids is 1. The number of carboxylic acid groups (broad SMARTS) is 1. The number of benzene rings is 1. The summed E-state index contributed by atoms with van der Waals surface area (Å²) < 4.78 is 28.0. The van der Waals surface area contributed by atoms with Gasteiger partial charge in [-0.25, -0.2) is 19.2 Å². The maximum absolute atomic E-state index is 14.3. The van der Waals surface area contributed by atoms with Crippen LogP contribution in [0.15, 0.2) is 42.0 Å². The Morgan fingerprint density at radius 1 is 1.29 bits per heavy atom. The van der Waals surface area contributed by atoms with E-state index >= 15 is 0 Å². The number of likely N-dealkylation sites (tertiary alicyclic amines) is 1. The number of halogens is 1. The van der Waals surface area contributed by atoms with E-state index in [2.05, 4.69) is 15.5 Å². The van der Waals surface area contributed by atoms with Crippen molar-refractivity contribution in [3.8, 4) is 11.9 Å². The SMILES string of the molecule is N#Cc1ccc(COc2cccc([C@@]34CCN(Cc5nc6c(n5C[C@@H]5CCO5)CC(C(=O)O)=C6)C[C@@H]3C4)n2)c(F)c1. The summed E-state index contributed by atoms with van der Waals surface area (Å²) in [7, 11) is 0. The molecule has 10 heteroatoms. The molecular weight excluding hydrogens is 525 g/mol. The Bertz CT molecular complexity index is 1610. The van der Waals surface area contributed by atoms with E-state index in [0.717, 1.165) is 68.4 Å². The van der Waals surface area contributed by atoms with Gasteiger partial charge in [-0.1, -0.05) is 12.1 Å². The fraction of sp³-hybridized carbons (Fsp3) is 0.419. The average molecular weight is 556 g/mol. The number of hydrogen-bond donors (Lipinski definition) is 1. The molecular formula is C31H30FN5O4. The summed E-state index contributed by atoms with van der Waals surface area (Å²) in [6.07, 6.45) is 5.32. The summed E-state index contributed by atoms with van der Waals surface area (Å²) in [5.41, 5.74) is 3.86. The average Bonchev–Trinajstić information content (AvgIpc) is 3.40. The smallest absolute Gasteiger partial charge is 0.332 e. The first-order valence-corrected chi connectivity index (χ1v) is 14.1. The quantitative estimate of drug-likeness (QED) is 0.424. The van der Waals surface area contributed by atoms with Crippen molar-refractivity contribution in [1.29, 1.82) is 5.26 Å². The molecule has 3 atom stereocenters. The van der Waals surface area contributed by atoms with E-state index in [1.54, 1.807) is 24.3 Å². The van der Waals surface area contributed by atoms with Gasteiger partial charge in [0.25, 0.3) is 0 Å². The minimum Gasteiger partial charge on any atom is -0.478 e. The molecule has 3 aromatic rings. The van der Waals surface area contributed by atoms with Gasteiger partial charge in [-0.3, -0.25) is 4.90 Å². The first-order chi connectivity index (χ1) is 19.9. The predicted octanol–water partition coefficient (Wildman–Crippen LogP) is 3.84. The largest absolute Gasteiger partial charge is 0.478 e. The first kappa shape index (κ1) is 25.9. The van der Waals surface area contributed by atoms with E-state index in [-0.39, 0.29) is 23.7 Å². The van der Waals surface area contributed by atoms with Crippen LogP contribution in [0.2, 0.25) is 0 Å². The lowest BCUT2D eigenvalue weighted by molar-refractivity contribution is -0.132. The summed E-state index contributed by atoms with van der Waals surface area (Å²) in [6, 6.07) is 12.1. The van der Waals surface area contributed by atoms with Crippen LogP contribution in [0.1, 0.15) is 53.3 Å².